The summed E-state index contributed by atoms with van der Waals surface area (Å²) < 4.78 is 0. The Bertz CT molecular complexity index is 294. The van der Waals surface area contributed by atoms with Crippen LogP contribution in [0.2, 0.25) is 0 Å². The van der Waals surface area contributed by atoms with Crippen molar-refractivity contribution in [2.24, 2.45) is 5.73 Å². The van der Waals surface area contributed by atoms with Crippen LogP contribution >= 0.6 is 0 Å². The Hall–Kier alpha value is -3.22. The minimum absolute atomic E-state index is 0.750. The van der Waals surface area contributed by atoms with Crippen molar-refractivity contribution in [2.45, 2.75) is 6.92 Å². The van der Waals surface area contributed by atoms with E-state index < -0.39 is 35.8 Å². The van der Waals surface area contributed by atoms with Crippen molar-refractivity contribution in [1.82, 2.24) is 0 Å². The molecule has 0 aromatic rings. The van der Waals surface area contributed by atoms with Gasteiger partial charge in [-0.25, -0.2) is 28.8 Å². The molecule has 0 rings (SSSR count). The maximum Gasteiger partial charge on any atom is 0.414 e. The molecule has 0 atom stereocenters. The Morgan fingerprint density at radius 3 is 0.619 bits per heavy atom. The molecule has 0 radical (unpaired) electrons. The van der Waals surface area contributed by atoms with Crippen LogP contribution in [0, 0.1) is 0 Å². The quantitative estimate of drug-likeness (QED) is 0.227. The third-order valence-corrected chi connectivity index (χ3v) is 0.549. The van der Waals surface area contributed by atoms with Crippen LogP contribution in [0.5, 0.6) is 0 Å². The predicted octanol–water partition coefficient (Wildman–Crippen LogP) is -2.57. The second-order valence-corrected chi connectivity index (χ2v) is 2.24. The first kappa shape index (κ1) is 26.4. The first-order valence-corrected chi connectivity index (χ1v) is 4.43. The summed E-state index contributed by atoms with van der Waals surface area (Å²) in [7, 11) is 0. The largest absolute Gasteiger partial charge is 0.473 e. The molecule has 0 saturated carbocycles. The van der Waals surface area contributed by atoms with Gasteiger partial charge < -0.3 is 36.4 Å². The summed E-state index contributed by atoms with van der Waals surface area (Å²) in [5, 5.41) is 44.3. The molecule has 0 aliphatic carbocycles. The fraction of sp³-hybridized carbons (Fsp3) is 0.250. The SMILES string of the molecule is CCN.O=C(O)C(=O)O.O=C(O)C(=O)O.O=C(O)C(=O)O. The highest BCUT2D eigenvalue weighted by atomic mass is 16.5. The topological polar surface area (TPSA) is 250 Å². The van der Waals surface area contributed by atoms with Gasteiger partial charge in [-0.3, -0.25) is 0 Å². The van der Waals surface area contributed by atoms with Crippen LogP contribution < -0.4 is 5.73 Å². The molecule has 0 bridgehead atoms. The van der Waals surface area contributed by atoms with Gasteiger partial charge in [0.05, 0.1) is 0 Å². The molecule has 0 aliphatic heterocycles. The minimum Gasteiger partial charge on any atom is -0.473 e. The van der Waals surface area contributed by atoms with Gasteiger partial charge in [-0.1, -0.05) is 6.92 Å². The summed E-state index contributed by atoms with van der Waals surface area (Å²) in [5.74, 6) is -10.9. The Labute approximate surface area is 115 Å². The minimum atomic E-state index is -1.82. The number of carboxylic acid groups (broad SMARTS) is 6. The van der Waals surface area contributed by atoms with Crippen LogP contribution in [0.3, 0.4) is 0 Å². The second-order valence-electron chi connectivity index (χ2n) is 2.24. The van der Waals surface area contributed by atoms with E-state index in [0.717, 1.165) is 6.54 Å². The molecule has 21 heavy (non-hydrogen) atoms. The van der Waals surface area contributed by atoms with Crippen molar-refractivity contribution >= 4 is 35.8 Å². The van der Waals surface area contributed by atoms with Gasteiger partial charge in [0.2, 0.25) is 0 Å². The molecule has 0 aromatic carbocycles. The molecule has 0 aromatic heterocycles. The number of carbonyl (C=O) groups is 6. The monoisotopic (exact) mass is 315 g/mol. The smallest absolute Gasteiger partial charge is 0.414 e. The van der Waals surface area contributed by atoms with Crippen LogP contribution in [-0.2, 0) is 28.8 Å². The van der Waals surface area contributed by atoms with Crippen molar-refractivity contribution in [3.05, 3.63) is 0 Å². The molecular formula is C8H13NO12. The molecule has 8 N–H and O–H groups in total. The van der Waals surface area contributed by atoms with E-state index in [1.54, 1.807) is 0 Å². The van der Waals surface area contributed by atoms with E-state index >= 15 is 0 Å². The highest BCUT2D eigenvalue weighted by Crippen LogP contribution is 1.57. The Morgan fingerprint density at radius 1 is 0.571 bits per heavy atom. The van der Waals surface area contributed by atoms with Crippen molar-refractivity contribution in [3.8, 4) is 0 Å². The van der Waals surface area contributed by atoms with Gasteiger partial charge >= 0.3 is 35.8 Å². The maximum absolute atomic E-state index is 9.10. The summed E-state index contributed by atoms with van der Waals surface area (Å²) >= 11 is 0. The highest BCUT2D eigenvalue weighted by Gasteiger charge is 2.04. The molecule has 122 valence electrons. The molecule has 13 nitrogen and oxygen atoms in total. The van der Waals surface area contributed by atoms with Crippen LogP contribution in [0.15, 0.2) is 0 Å². The fourth-order valence-corrected chi connectivity index (χ4v) is 0. The van der Waals surface area contributed by atoms with E-state index in [1.807, 2.05) is 6.92 Å². The van der Waals surface area contributed by atoms with Crippen molar-refractivity contribution in [2.75, 3.05) is 6.54 Å². The second kappa shape index (κ2) is 16.8. The average molecular weight is 315 g/mol. The molecule has 0 saturated heterocycles. The predicted molar refractivity (Wildman–Crippen MR) is 60.5 cm³/mol. The number of nitrogens with two attached hydrogens (primary N) is 1. The van der Waals surface area contributed by atoms with Gasteiger partial charge in [-0.2, -0.15) is 0 Å². The van der Waals surface area contributed by atoms with Gasteiger partial charge in [-0.15, -0.1) is 0 Å². The first-order valence-electron chi connectivity index (χ1n) is 4.43. The zero-order chi connectivity index (χ0) is 18.2. The van der Waals surface area contributed by atoms with Crippen molar-refractivity contribution in [1.29, 1.82) is 0 Å². The van der Waals surface area contributed by atoms with Gasteiger partial charge in [-0.05, 0) is 6.54 Å². The van der Waals surface area contributed by atoms with E-state index in [0.29, 0.717) is 0 Å². The molecular weight excluding hydrogens is 302 g/mol. The van der Waals surface area contributed by atoms with Gasteiger partial charge in [0.15, 0.2) is 0 Å². The van der Waals surface area contributed by atoms with Gasteiger partial charge in [0.25, 0.3) is 0 Å². The molecule has 0 spiro atoms. The van der Waals surface area contributed by atoms with Crippen LogP contribution in [0.4, 0.5) is 0 Å². The molecule has 0 unspecified atom stereocenters. The van der Waals surface area contributed by atoms with Crippen LogP contribution in [0.25, 0.3) is 0 Å². The fourth-order valence-electron chi connectivity index (χ4n) is 0. The Morgan fingerprint density at radius 2 is 0.619 bits per heavy atom. The first-order chi connectivity index (χ1) is 9.34. The number of aliphatic carboxylic acids is 6. The summed E-state index contributed by atoms with van der Waals surface area (Å²) in [6.45, 7) is 2.65. The number of hydrogen-bond donors (Lipinski definition) is 7. The lowest BCUT2D eigenvalue weighted by atomic mass is 10.7. The van der Waals surface area contributed by atoms with Crippen LogP contribution in [0.1, 0.15) is 6.92 Å². The summed E-state index contributed by atoms with van der Waals surface area (Å²) in [5.41, 5.74) is 4.85. The van der Waals surface area contributed by atoms with Gasteiger partial charge in [0, 0.05) is 0 Å². The number of hydrogen-bond acceptors (Lipinski definition) is 7. The molecule has 0 heterocycles. The van der Waals surface area contributed by atoms with Gasteiger partial charge in [0.1, 0.15) is 0 Å². The van der Waals surface area contributed by atoms with Crippen molar-refractivity contribution in [3.63, 3.8) is 0 Å². The van der Waals surface area contributed by atoms with Crippen LogP contribution in [-0.4, -0.2) is 73.0 Å². The lowest BCUT2D eigenvalue weighted by molar-refractivity contribution is -0.159. The standard InChI is InChI=1S/C2H7N.3C2H2O4/c1-2-3;3*3-1(4)2(5)6/h2-3H2,1H3;3*(H,3,4)(H,5,6). The lowest BCUT2D eigenvalue weighted by Crippen LogP contribution is -2.09. The van der Waals surface area contributed by atoms with E-state index in [4.69, 9.17) is 65.1 Å². The lowest BCUT2D eigenvalue weighted by Gasteiger charge is -1.72. The highest BCUT2D eigenvalue weighted by molar-refractivity contribution is 6.28. The summed E-state index contributed by atoms with van der Waals surface area (Å²) in [6, 6.07) is 0. The maximum atomic E-state index is 9.10. The molecule has 0 fully saturated rings. The van der Waals surface area contributed by atoms with E-state index in [2.05, 4.69) is 0 Å². The third-order valence-electron chi connectivity index (χ3n) is 0.549. The Balaban J connectivity index is -0.0000000944. The van der Waals surface area contributed by atoms with E-state index in [9.17, 15) is 0 Å². The summed E-state index contributed by atoms with van der Waals surface area (Å²) in [4.78, 5) is 54.6. The molecule has 0 aliphatic rings. The number of rotatable bonds is 0. The third kappa shape index (κ3) is 47.6. The summed E-state index contributed by atoms with van der Waals surface area (Å²) in [6.07, 6.45) is 0. The zero-order valence-corrected chi connectivity index (χ0v) is 10.4. The average Bonchev–Trinajstić information content (AvgIpc) is 2.30. The van der Waals surface area contributed by atoms with E-state index in [-0.39, 0.29) is 0 Å². The Kier molecular flexibility index (Phi) is 21.1. The zero-order valence-electron chi connectivity index (χ0n) is 10.4. The van der Waals surface area contributed by atoms with Crippen molar-refractivity contribution < 1.29 is 59.4 Å². The normalized spacial score (nSPS) is 7.14. The van der Waals surface area contributed by atoms with E-state index in [1.165, 1.54) is 0 Å². The number of carboxylic acids is 6. The molecule has 13 heteroatoms. The molecule has 0 amide bonds.